The maximum Gasteiger partial charge on any atom is 0.0466 e. The summed E-state index contributed by atoms with van der Waals surface area (Å²) in [7, 11) is 1.50. The fraction of sp³-hybridized carbons (Fsp3) is 1.00. The van der Waals surface area contributed by atoms with Gasteiger partial charge in [0.05, 0.1) is 0 Å². The van der Waals surface area contributed by atoms with E-state index in [9.17, 15) is 0 Å². The van der Waals surface area contributed by atoms with Crippen LogP contribution in [0.5, 0.6) is 0 Å². The number of hydrogen-bond donors (Lipinski definition) is 1. The summed E-state index contributed by atoms with van der Waals surface area (Å²) in [4.78, 5) is 0. The second-order valence-electron chi connectivity index (χ2n) is 1.32. The molecule has 0 atom stereocenters. The predicted molar refractivity (Wildman–Crippen MR) is 41.5 cm³/mol. The predicted octanol–water partition coefficient (Wildman–Crippen LogP) is 1.40. The Bertz CT molecular complexity index is 20.5. The van der Waals surface area contributed by atoms with E-state index in [2.05, 4.69) is 5.73 Å². The van der Waals surface area contributed by atoms with Crippen molar-refractivity contribution in [2.75, 3.05) is 20.3 Å². The van der Waals surface area contributed by atoms with Gasteiger partial charge >= 0.3 is 0 Å². The highest BCUT2D eigenvalue weighted by atomic mass is 16.5. The van der Waals surface area contributed by atoms with Gasteiger partial charge in [0, 0.05) is 13.2 Å². The van der Waals surface area contributed by atoms with Gasteiger partial charge in [-0.2, -0.15) is 0 Å². The minimum Gasteiger partial charge on any atom is -0.381 e. The molecule has 0 saturated carbocycles. The Balaban J connectivity index is 0. The Morgan fingerprint density at radius 2 is 1.33 bits per heavy atom. The Labute approximate surface area is 58.4 Å². The van der Waals surface area contributed by atoms with Crippen molar-refractivity contribution in [3.05, 3.63) is 0 Å². The zero-order valence-corrected chi connectivity index (χ0v) is 6.81. The van der Waals surface area contributed by atoms with E-state index in [1.165, 1.54) is 19.9 Å². The summed E-state index contributed by atoms with van der Waals surface area (Å²) < 4.78 is 4.94. The summed E-state index contributed by atoms with van der Waals surface area (Å²) in [5.41, 5.74) is 4.50. The van der Waals surface area contributed by atoms with Crippen LogP contribution in [0.2, 0.25) is 0 Å². The van der Waals surface area contributed by atoms with Crippen LogP contribution in [0.15, 0.2) is 0 Å². The summed E-state index contributed by atoms with van der Waals surface area (Å²) in [5, 5.41) is 0. The van der Waals surface area contributed by atoms with Crippen molar-refractivity contribution in [1.82, 2.24) is 0 Å². The molecular weight excluding hydrogens is 114 g/mol. The molecule has 0 spiro atoms. The van der Waals surface area contributed by atoms with Crippen molar-refractivity contribution in [3.8, 4) is 0 Å². The highest BCUT2D eigenvalue weighted by Crippen LogP contribution is 1.98. The lowest BCUT2D eigenvalue weighted by molar-refractivity contribution is 0.198. The average molecular weight is 133 g/mol. The number of hydrogen-bond acceptors (Lipinski definition) is 2. The van der Waals surface area contributed by atoms with E-state index in [0.29, 0.717) is 0 Å². The second-order valence-corrected chi connectivity index (χ2v) is 1.32. The van der Waals surface area contributed by atoms with Gasteiger partial charge in [-0.25, -0.2) is 0 Å². The van der Waals surface area contributed by atoms with Crippen molar-refractivity contribution in [2.24, 2.45) is 5.73 Å². The quantitative estimate of drug-likeness (QED) is 0.542. The minimum absolute atomic E-state index is 1.00. The normalized spacial score (nSPS) is 14.7. The van der Waals surface area contributed by atoms with Crippen LogP contribution in [-0.2, 0) is 4.74 Å². The molecule has 0 aromatic rings. The summed E-state index contributed by atoms with van der Waals surface area (Å²) in [5.74, 6) is 0. The van der Waals surface area contributed by atoms with Gasteiger partial charge in [-0.05, 0) is 19.9 Å². The van der Waals surface area contributed by atoms with Crippen LogP contribution in [-0.4, -0.2) is 20.3 Å². The van der Waals surface area contributed by atoms with Crippen LogP contribution in [0.1, 0.15) is 26.7 Å². The van der Waals surface area contributed by atoms with Gasteiger partial charge in [0.1, 0.15) is 0 Å². The number of nitrogens with two attached hydrogens (primary N) is 1. The molecular formula is C7H19NO. The molecule has 1 heterocycles. The molecule has 0 aliphatic carbocycles. The lowest BCUT2D eigenvalue weighted by Gasteiger charge is -1.76. The third kappa shape index (κ3) is 11.5. The summed E-state index contributed by atoms with van der Waals surface area (Å²) in [6.07, 6.45) is 2.56. The van der Waals surface area contributed by atoms with Gasteiger partial charge in [-0.3, -0.25) is 0 Å². The van der Waals surface area contributed by atoms with Crippen molar-refractivity contribution in [3.63, 3.8) is 0 Å². The maximum absolute atomic E-state index is 4.94. The molecule has 0 unspecified atom stereocenters. The molecule has 2 nitrogen and oxygen atoms in total. The van der Waals surface area contributed by atoms with Gasteiger partial charge in [0.25, 0.3) is 0 Å². The molecule has 1 fully saturated rings. The van der Waals surface area contributed by atoms with Crippen molar-refractivity contribution in [1.29, 1.82) is 0 Å². The first-order valence-electron chi connectivity index (χ1n) is 3.65. The van der Waals surface area contributed by atoms with E-state index in [4.69, 9.17) is 4.74 Å². The Kier molecular flexibility index (Phi) is 20.3. The van der Waals surface area contributed by atoms with Gasteiger partial charge in [0.15, 0.2) is 0 Å². The van der Waals surface area contributed by atoms with Crippen LogP contribution in [0.25, 0.3) is 0 Å². The van der Waals surface area contributed by atoms with E-state index in [1.807, 2.05) is 13.8 Å². The summed E-state index contributed by atoms with van der Waals surface area (Å²) >= 11 is 0. The lowest BCUT2D eigenvalue weighted by Crippen LogP contribution is -1.74. The molecule has 1 aliphatic heterocycles. The van der Waals surface area contributed by atoms with Crippen molar-refractivity contribution in [2.45, 2.75) is 26.7 Å². The first-order valence-corrected chi connectivity index (χ1v) is 3.65. The van der Waals surface area contributed by atoms with E-state index in [0.717, 1.165) is 13.2 Å². The highest BCUT2D eigenvalue weighted by Gasteiger charge is 1.94. The number of rotatable bonds is 0. The van der Waals surface area contributed by atoms with Crippen LogP contribution in [0, 0.1) is 0 Å². The third-order valence-corrected chi connectivity index (χ3v) is 0.827. The third-order valence-electron chi connectivity index (χ3n) is 0.827. The van der Waals surface area contributed by atoms with Gasteiger partial charge in [0.2, 0.25) is 0 Å². The smallest absolute Gasteiger partial charge is 0.0466 e. The average Bonchev–Trinajstić information content (AvgIpc) is 2.51. The van der Waals surface area contributed by atoms with Crippen LogP contribution in [0.4, 0.5) is 0 Å². The van der Waals surface area contributed by atoms with Gasteiger partial charge in [-0.1, -0.05) is 13.8 Å². The Morgan fingerprint density at radius 1 is 1.00 bits per heavy atom. The summed E-state index contributed by atoms with van der Waals surface area (Å²) in [6, 6.07) is 0. The molecule has 0 aromatic heterocycles. The maximum atomic E-state index is 4.94. The largest absolute Gasteiger partial charge is 0.381 e. The second kappa shape index (κ2) is 15.7. The topological polar surface area (TPSA) is 35.2 Å². The van der Waals surface area contributed by atoms with Crippen LogP contribution >= 0.6 is 0 Å². The molecule has 2 N–H and O–H groups in total. The first kappa shape index (κ1) is 11.7. The van der Waals surface area contributed by atoms with E-state index in [1.54, 1.807) is 0 Å². The van der Waals surface area contributed by atoms with Crippen LogP contribution in [0.3, 0.4) is 0 Å². The highest BCUT2D eigenvalue weighted by molar-refractivity contribution is 4.43. The lowest BCUT2D eigenvalue weighted by atomic mass is 10.4. The molecule has 1 rings (SSSR count). The van der Waals surface area contributed by atoms with Crippen LogP contribution < -0.4 is 5.73 Å². The van der Waals surface area contributed by atoms with E-state index in [-0.39, 0.29) is 0 Å². The number of ether oxygens (including phenoxy) is 1. The molecule has 58 valence electrons. The fourth-order valence-electron chi connectivity index (χ4n) is 0.510. The SMILES string of the molecule is C1CCOC1.CC.CN. The Morgan fingerprint density at radius 3 is 1.44 bits per heavy atom. The molecule has 0 radical (unpaired) electrons. The standard InChI is InChI=1S/C4H8O.C2H6.CH5N/c1-2-4-5-3-1;2*1-2/h1-4H2;1-2H3;2H2,1H3. The molecule has 1 saturated heterocycles. The fourth-order valence-corrected chi connectivity index (χ4v) is 0.510. The zero-order chi connectivity index (χ0) is 7.54. The molecule has 0 aromatic carbocycles. The van der Waals surface area contributed by atoms with E-state index < -0.39 is 0 Å². The molecule has 2 heteroatoms. The molecule has 9 heavy (non-hydrogen) atoms. The molecule has 0 amide bonds. The van der Waals surface area contributed by atoms with Gasteiger partial charge in [-0.15, -0.1) is 0 Å². The zero-order valence-electron chi connectivity index (χ0n) is 6.81. The summed E-state index contributed by atoms with van der Waals surface area (Å²) in [6.45, 7) is 6.00. The molecule has 1 aliphatic rings. The van der Waals surface area contributed by atoms with E-state index >= 15 is 0 Å². The molecule has 0 bridgehead atoms. The van der Waals surface area contributed by atoms with Gasteiger partial charge < -0.3 is 10.5 Å². The Hall–Kier alpha value is -0.0800. The minimum atomic E-state index is 1.00. The first-order chi connectivity index (χ1) is 4.50. The monoisotopic (exact) mass is 133 g/mol. The van der Waals surface area contributed by atoms with Crippen molar-refractivity contribution < 1.29 is 4.74 Å². The van der Waals surface area contributed by atoms with Crippen molar-refractivity contribution >= 4 is 0 Å².